The molecular formula is C102H67BN4. The molecule has 0 unspecified atom stereocenters. The van der Waals surface area contributed by atoms with Crippen molar-refractivity contribution in [3.63, 3.8) is 0 Å². The Morgan fingerprint density at radius 3 is 0.794 bits per heavy atom. The van der Waals surface area contributed by atoms with Crippen LogP contribution < -0.4 is 26.2 Å². The number of para-hydroxylation sites is 6. The summed E-state index contributed by atoms with van der Waals surface area (Å²) < 4.78 is 4.97. The number of hydrogen-bond acceptors (Lipinski definition) is 2. The van der Waals surface area contributed by atoms with Gasteiger partial charge in [0.2, 0.25) is 0 Å². The molecule has 17 aromatic carbocycles. The fraction of sp³-hybridized carbons (Fsp3) is 0. The first-order chi connectivity index (χ1) is 53.1. The maximum atomic E-state index is 2.66. The van der Waals surface area contributed by atoms with Gasteiger partial charge in [0, 0.05) is 77.9 Å². The van der Waals surface area contributed by atoms with Crippen molar-refractivity contribution in [1.29, 1.82) is 0 Å². The van der Waals surface area contributed by atoms with Crippen LogP contribution >= 0.6 is 0 Å². The van der Waals surface area contributed by atoms with Crippen LogP contribution in [0, 0.1) is 0 Å². The monoisotopic (exact) mass is 1360 g/mol. The Balaban J connectivity index is 0.859. The van der Waals surface area contributed by atoms with E-state index in [4.69, 9.17) is 0 Å². The molecule has 0 atom stereocenters. The summed E-state index contributed by atoms with van der Waals surface area (Å²) in [6, 6.07) is 151. The number of anilines is 6. The van der Waals surface area contributed by atoms with E-state index in [1.165, 1.54) is 60.2 Å². The third kappa shape index (κ3) is 10.2. The fourth-order valence-electron chi connectivity index (χ4n) is 17.6. The summed E-state index contributed by atoms with van der Waals surface area (Å²) in [4.78, 5) is 5.32. The van der Waals surface area contributed by atoms with Crippen molar-refractivity contribution in [2.24, 2.45) is 0 Å². The normalized spacial score (nSPS) is 12.2. The molecule has 2 aliphatic heterocycles. The van der Waals surface area contributed by atoms with E-state index in [2.05, 4.69) is 425 Å². The fourth-order valence-corrected chi connectivity index (χ4v) is 17.6. The molecule has 21 rings (SSSR count). The molecule has 0 saturated heterocycles. The van der Waals surface area contributed by atoms with Gasteiger partial charge in [0.05, 0.1) is 33.4 Å². The van der Waals surface area contributed by atoms with Crippen LogP contribution in [0.4, 0.5) is 34.1 Å². The molecule has 0 radical (unpaired) electrons. The molecular weight excluding hydrogens is 1290 g/mol. The molecule has 0 bridgehead atoms. The van der Waals surface area contributed by atoms with Crippen LogP contribution in [0.5, 0.6) is 0 Å². The number of aromatic nitrogens is 2. The molecule has 0 N–H and O–H groups in total. The van der Waals surface area contributed by atoms with Crippen LogP contribution in [0.15, 0.2) is 406 Å². The highest BCUT2D eigenvalue weighted by molar-refractivity contribution is 7.00. The van der Waals surface area contributed by atoms with Crippen molar-refractivity contribution in [3.05, 3.63) is 406 Å². The molecule has 4 heterocycles. The Hall–Kier alpha value is -14.0. The molecule has 2 aliphatic rings. The van der Waals surface area contributed by atoms with E-state index >= 15 is 0 Å². The molecule has 0 aliphatic carbocycles. The molecule has 2 aromatic heterocycles. The highest BCUT2D eigenvalue weighted by Crippen LogP contribution is 2.54. The van der Waals surface area contributed by atoms with Crippen LogP contribution in [0.1, 0.15) is 0 Å². The lowest BCUT2D eigenvalue weighted by molar-refractivity contribution is 1.17. The average Bonchev–Trinajstić information content (AvgIpc) is 1.14. The van der Waals surface area contributed by atoms with E-state index in [1.807, 2.05) is 0 Å². The van der Waals surface area contributed by atoms with Crippen molar-refractivity contribution in [1.82, 2.24) is 9.13 Å². The van der Waals surface area contributed by atoms with Gasteiger partial charge in [0.15, 0.2) is 0 Å². The summed E-state index contributed by atoms with van der Waals surface area (Å²) in [5.74, 6) is 0. The molecule has 19 aromatic rings. The average molecular weight is 1360 g/mol. The van der Waals surface area contributed by atoms with Gasteiger partial charge in [-0.25, -0.2) is 0 Å². The van der Waals surface area contributed by atoms with Gasteiger partial charge in [-0.3, -0.25) is 0 Å². The van der Waals surface area contributed by atoms with Gasteiger partial charge in [-0.05, 0) is 168 Å². The zero-order valence-corrected chi connectivity index (χ0v) is 58.5. The first-order valence-corrected chi connectivity index (χ1v) is 37.0. The summed E-state index contributed by atoms with van der Waals surface area (Å²) in [6.45, 7) is -0.238. The second-order valence-corrected chi connectivity index (χ2v) is 28.2. The largest absolute Gasteiger partial charge is 0.310 e. The third-order valence-corrected chi connectivity index (χ3v) is 22.3. The first kappa shape index (κ1) is 61.7. The van der Waals surface area contributed by atoms with E-state index in [0.717, 1.165) is 134 Å². The predicted octanol–water partition coefficient (Wildman–Crippen LogP) is 25.3. The SMILES string of the molecule is c1ccc(-c2cccc(-c3cccc(-c4cccc(-c5ccccc5)c4N4c5cc(-n6c7ccccc7c7ccccc76)ccc5B5c6ccc(-n7c8ccccc8c8ccccc87)cc6N(c6c(-c7ccccc7)cccc6-c6cccc(-c7cccc(-c8ccccc8)c7)c6)c6cccc4c65)c3)c2)cc1. The first-order valence-electron chi connectivity index (χ1n) is 37.0. The van der Waals surface area contributed by atoms with Crippen molar-refractivity contribution < 1.29 is 0 Å². The Bertz CT molecular complexity index is 6210. The van der Waals surface area contributed by atoms with Crippen molar-refractivity contribution in [2.45, 2.75) is 0 Å². The Morgan fingerprint density at radius 2 is 0.439 bits per heavy atom. The van der Waals surface area contributed by atoms with Crippen molar-refractivity contribution in [2.75, 3.05) is 9.80 Å². The standard InChI is InChI=1S/C102H67BN4/c1-5-28-68(29-6-1)72-36-21-38-74(62-72)76-40-23-42-78(64-76)84-50-25-48-82(70-32-9-3-10-33-70)101(84)106-96-56-27-57-97-100(96)103(90-60-58-80(66-98(90)106)104-92-52-17-13-44-86(92)87-45-14-18-53-93(87)104)91-61-59-81(105-94-54-19-15-46-88(94)89-47-16-20-55-95(89)105)67-99(91)107(97)102-83(71-34-11-4-12-35-71)49-26-51-85(102)79-43-24-41-77(65-79)75-39-22-37-73(63-75)69-30-7-2-8-31-69/h1-67H. The Kier molecular flexibility index (Phi) is 14.7. The molecule has 0 amide bonds. The Morgan fingerprint density at radius 1 is 0.178 bits per heavy atom. The van der Waals surface area contributed by atoms with Crippen LogP contribution in [0.25, 0.3) is 144 Å². The third-order valence-electron chi connectivity index (χ3n) is 22.3. The van der Waals surface area contributed by atoms with Crippen molar-refractivity contribution in [3.8, 4) is 100 Å². The van der Waals surface area contributed by atoms with E-state index in [1.54, 1.807) is 0 Å². The summed E-state index contributed by atoms with van der Waals surface area (Å²) in [5, 5.41) is 4.88. The zero-order chi connectivity index (χ0) is 70.5. The lowest BCUT2D eigenvalue weighted by Crippen LogP contribution is -2.61. The van der Waals surface area contributed by atoms with Gasteiger partial charge in [0.1, 0.15) is 0 Å². The number of fused-ring (bicyclic) bond motifs is 10. The minimum Gasteiger partial charge on any atom is -0.310 e. The summed E-state index contributed by atoms with van der Waals surface area (Å²) in [6.07, 6.45) is 0. The number of benzene rings is 17. The van der Waals surface area contributed by atoms with Crippen LogP contribution in [-0.4, -0.2) is 15.8 Å². The predicted molar refractivity (Wildman–Crippen MR) is 453 cm³/mol. The second-order valence-electron chi connectivity index (χ2n) is 28.2. The maximum Gasteiger partial charge on any atom is 0.252 e. The maximum absolute atomic E-state index is 2.66. The smallest absolute Gasteiger partial charge is 0.252 e. The molecule has 0 fully saturated rings. The lowest BCUT2D eigenvalue weighted by Gasteiger charge is -2.45. The van der Waals surface area contributed by atoms with Gasteiger partial charge < -0.3 is 18.9 Å². The molecule has 0 spiro atoms. The minimum absolute atomic E-state index is 0.238. The summed E-state index contributed by atoms with van der Waals surface area (Å²) in [5.41, 5.74) is 35.4. The quantitative estimate of drug-likeness (QED) is 0.113. The number of nitrogens with zero attached hydrogens (tertiary/aromatic N) is 4. The van der Waals surface area contributed by atoms with Crippen LogP contribution in [0.2, 0.25) is 0 Å². The number of hydrogen-bond donors (Lipinski definition) is 0. The molecule has 4 nitrogen and oxygen atoms in total. The van der Waals surface area contributed by atoms with E-state index in [9.17, 15) is 0 Å². The lowest BCUT2D eigenvalue weighted by atomic mass is 9.33. The summed E-state index contributed by atoms with van der Waals surface area (Å²) in [7, 11) is 0. The topological polar surface area (TPSA) is 16.3 Å². The minimum atomic E-state index is -0.238. The van der Waals surface area contributed by atoms with Gasteiger partial charge in [-0.2, -0.15) is 0 Å². The highest BCUT2D eigenvalue weighted by atomic mass is 15.2. The second kappa shape index (κ2) is 25.5. The molecule has 107 heavy (non-hydrogen) atoms. The van der Waals surface area contributed by atoms with Gasteiger partial charge in [-0.1, -0.05) is 322 Å². The van der Waals surface area contributed by atoms with Gasteiger partial charge >= 0.3 is 0 Å². The van der Waals surface area contributed by atoms with E-state index in [0.29, 0.717) is 0 Å². The Labute approximate surface area is 622 Å². The van der Waals surface area contributed by atoms with Crippen LogP contribution in [0.3, 0.4) is 0 Å². The summed E-state index contributed by atoms with van der Waals surface area (Å²) >= 11 is 0. The zero-order valence-electron chi connectivity index (χ0n) is 58.5. The molecule has 5 heteroatoms. The molecule has 0 saturated carbocycles. The molecule has 498 valence electrons. The van der Waals surface area contributed by atoms with E-state index in [-0.39, 0.29) is 6.71 Å². The van der Waals surface area contributed by atoms with Gasteiger partial charge in [-0.15, -0.1) is 0 Å². The van der Waals surface area contributed by atoms with Crippen molar-refractivity contribution >= 4 is 101 Å². The van der Waals surface area contributed by atoms with Gasteiger partial charge in [0.25, 0.3) is 6.71 Å². The number of rotatable bonds is 12. The van der Waals surface area contributed by atoms with Crippen LogP contribution in [-0.2, 0) is 0 Å². The highest BCUT2D eigenvalue weighted by Gasteiger charge is 2.45. The van der Waals surface area contributed by atoms with E-state index < -0.39 is 0 Å².